The minimum Gasteiger partial charge on any atom is -0.463 e. The van der Waals surface area contributed by atoms with Crippen molar-refractivity contribution < 1.29 is 22.4 Å². The maximum Gasteiger partial charge on any atom is 0.410 e. The number of likely N-dealkylation sites (tertiary alicyclic amines) is 1. The van der Waals surface area contributed by atoms with E-state index in [-0.39, 0.29) is 12.6 Å². The van der Waals surface area contributed by atoms with E-state index in [1.54, 1.807) is 18.0 Å². The quantitative estimate of drug-likeness (QED) is 0.771. The molecule has 0 saturated carbocycles. The number of carbonyl (C=O) groups excluding carboxylic acids is 1. The molecule has 2 aliphatic heterocycles. The van der Waals surface area contributed by atoms with Gasteiger partial charge >= 0.3 is 6.09 Å². The molecule has 0 aromatic carbocycles. The van der Waals surface area contributed by atoms with Gasteiger partial charge in [-0.05, 0) is 12.1 Å². The van der Waals surface area contributed by atoms with Gasteiger partial charge in [-0.25, -0.2) is 13.2 Å². The molecule has 1 aromatic heterocycles. The first-order valence-corrected chi connectivity index (χ1v) is 9.67. The Morgan fingerprint density at radius 2 is 2.00 bits per heavy atom. The van der Waals surface area contributed by atoms with Crippen molar-refractivity contribution in [1.29, 1.82) is 0 Å². The number of carbonyl (C=O) groups is 1. The van der Waals surface area contributed by atoms with E-state index in [1.807, 2.05) is 6.07 Å². The number of furan rings is 1. The van der Waals surface area contributed by atoms with Gasteiger partial charge in [-0.3, -0.25) is 4.90 Å². The SMILES string of the molecule is CN1C[C@]2(CCN(Cc3ccc(CN(C)S(C)(=O)=O)o3)C2)OC1=O. The lowest BCUT2D eigenvalue weighted by molar-refractivity contribution is 0.0621. The van der Waals surface area contributed by atoms with Crippen LogP contribution in [0.5, 0.6) is 0 Å². The van der Waals surface area contributed by atoms with E-state index in [0.29, 0.717) is 25.4 Å². The maximum atomic E-state index is 11.6. The highest BCUT2D eigenvalue weighted by Gasteiger charge is 2.48. The molecule has 0 unspecified atom stereocenters. The van der Waals surface area contributed by atoms with E-state index in [9.17, 15) is 13.2 Å². The summed E-state index contributed by atoms with van der Waals surface area (Å²) < 4.78 is 35.4. The highest BCUT2D eigenvalue weighted by Crippen LogP contribution is 2.32. The third kappa shape index (κ3) is 3.57. The van der Waals surface area contributed by atoms with Crippen LogP contribution in [0, 0.1) is 0 Å². The van der Waals surface area contributed by atoms with Crippen LogP contribution in [0.2, 0.25) is 0 Å². The van der Waals surface area contributed by atoms with Crippen molar-refractivity contribution in [3.8, 4) is 0 Å². The second kappa shape index (κ2) is 6.05. The van der Waals surface area contributed by atoms with Crippen molar-refractivity contribution in [2.75, 3.05) is 40.0 Å². The van der Waals surface area contributed by atoms with Gasteiger partial charge in [0.05, 0.1) is 25.9 Å². The van der Waals surface area contributed by atoms with Crippen molar-refractivity contribution in [3.05, 3.63) is 23.7 Å². The smallest absolute Gasteiger partial charge is 0.410 e. The molecule has 3 rings (SSSR count). The van der Waals surface area contributed by atoms with Crippen LogP contribution in [0.3, 0.4) is 0 Å². The van der Waals surface area contributed by atoms with Gasteiger partial charge in [-0.1, -0.05) is 0 Å². The van der Waals surface area contributed by atoms with Gasteiger partial charge in [0, 0.05) is 33.6 Å². The number of likely N-dealkylation sites (N-methyl/N-ethyl adjacent to an activating group) is 1. The molecule has 0 aliphatic carbocycles. The van der Waals surface area contributed by atoms with Crippen LogP contribution >= 0.6 is 0 Å². The van der Waals surface area contributed by atoms with E-state index in [1.165, 1.54) is 17.6 Å². The third-order valence-corrected chi connectivity index (χ3v) is 5.84. The molecular weight excluding hydrogens is 334 g/mol. The lowest BCUT2D eigenvalue weighted by atomic mass is 10.0. The molecular formula is C15H23N3O5S. The molecule has 8 nitrogen and oxygen atoms in total. The average molecular weight is 357 g/mol. The predicted octanol–water partition coefficient (Wildman–Crippen LogP) is 0.698. The van der Waals surface area contributed by atoms with Gasteiger partial charge < -0.3 is 14.1 Å². The van der Waals surface area contributed by atoms with Crippen molar-refractivity contribution in [2.45, 2.75) is 25.1 Å². The van der Waals surface area contributed by atoms with Crippen LogP contribution in [0.25, 0.3) is 0 Å². The first kappa shape index (κ1) is 17.2. The van der Waals surface area contributed by atoms with Gasteiger partial charge in [0.1, 0.15) is 17.1 Å². The summed E-state index contributed by atoms with van der Waals surface area (Å²) in [4.78, 5) is 15.4. The molecule has 2 fully saturated rings. The summed E-state index contributed by atoms with van der Waals surface area (Å²) in [6, 6.07) is 3.66. The van der Waals surface area contributed by atoms with Crippen LogP contribution < -0.4 is 0 Å². The van der Waals surface area contributed by atoms with Gasteiger partial charge in [-0.2, -0.15) is 4.31 Å². The Morgan fingerprint density at radius 1 is 1.29 bits per heavy atom. The van der Waals surface area contributed by atoms with E-state index < -0.39 is 15.6 Å². The number of rotatable bonds is 5. The topological polar surface area (TPSA) is 83.3 Å². The minimum absolute atomic E-state index is 0.213. The zero-order valence-electron chi connectivity index (χ0n) is 14.2. The Bertz CT molecular complexity index is 731. The Hall–Kier alpha value is -1.58. The summed E-state index contributed by atoms with van der Waals surface area (Å²) in [7, 11) is 0.0374. The van der Waals surface area contributed by atoms with E-state index in [4.69, 9.17) is 9.15 Å². The molecule has 1 spiro atoms. The number of hydrogen-bond donors (Lipinski definition) is 0. The number of amides is 1. The number of nitrogens with zero attached hydrogens (tertiary/aromatic N) is 3. The van der Waals surface area contributed by atoms with Crippen LogP contribution in [0.15, 0.2) is 16.5 Å². The number of ether oxygens (including phenoxy) is 1. The van der Waals surface area contributed by atoms with Gasteiger partial charge in [0.15, 0.2) is 0 Å². The molecule has 0 radical (unpaired) electrons. The van der Waals surface area contributed by atoms with Crippen molar-refractivity contribution in [2.24, 2.45) is 0 Å². The Labute approximate surface area is 142 Å². The molecule has 0 N–H and O–H groups in total. The molecule has 134 valence electrons. The lowest BCUT2D eigenvalue weighted by Gasteiger charge is -2.21. The summed E-state index contributed by atoms with van der Waals surface area (Å²) in [5, 5.41) is 0. The molecule has 3 heterocycles. The Balaban J connectivity index is 1.57. The standard InChI is InChI=1S/C15H23N3O5S/c1-16-10-15(23-14(16)19)6-7-18(11-15)9-13-5-4-12(22-13)8-17(2)24(3,20)21/h4-5H,6-11H2,1-3H3/t15-/m0/s1. The van der Waals surface area contributed by atoms with Crippen molar-refractivity contribution in [1.82, 2.24) is 14.1 Å². The molecule has 1 amide bonds. The average Bonchev–Trinajstić information content (AvgIpc) is 3.12. The van der Waals surface area contributed by atoms with Crippen LogP contribution in [-0.4, -0.2) is 74.2 Å². The fraction of sp³-hybridized carbons (Fsp3) is 0.667. The highest BCUT2D eigenvalue weighted by atomic mass is 32.2. The van der Waals surface area contributed by atoms with Crippen molar-refractivity contribution >= 4 is 16.1 Å². The molecule has 1 atom stereocenters. The number of sulfonamides is 1. The summed E-state index contributed by atoms with van der Waals surface area (Å²) in [5.41, 5.74) is -0.405. The zero-order chi connectivity index (χ0) is 17.5. The first-order chi connectivity index (χ1) is 11.2. The monoisotopic (exact) mass is 357 g/mol. The zero-order valence-corrected chi connectivity index (χ0v) is 15.0. The van der Waals surface area contributed by atoms with Crippen LogP contribution in [-0.2, 0) is 27.8 Å². The first-order valence-electron chi connectivity index (χ1n) is 7.82. The summed E-state index contributed by atoms with van der Waals surface area (Å²) >= 11 is 0. The summed E-state index contributed by atoms with van der Waals surface area (Å²) in [6.07, 6.45) is 1.72. The third-order valence-electron chi connectivity index (χ3n) is 4.58. The molecule has 1 aromatic rings. The highest BCUT2D eigenvalue weighted by molar-refractivity contribution is 7.88. The largest absolute Gasteiger partial charge is 0.463 e. The van der Waals surface area contributed by atoms with Gasteiger partial charge in [-0.15, -0.1) is 0 Å². The predicted molar refractivity (Wildman–Crippen MR) is 86.8 cm³/mol. The molecule has 24 heavy (non-hydrogen) atoms. The van der Waals surface area contributed by atoms with Crippen molar-refractivity contribution in [3.63, 3.8) is 0 Å². The minimum atomic E-state index is -3.23. The Kier molecular flexibility index (Phi) is 4.35. The fourth-order valence-corrected chi connectivity index (χ4v) is 3.58. The van der Waals surface area contributed by atoms with Crippen LogP contribution in [0.4, 0.5) is 4.79 Å². The lowest BCUT2D eigenvalue weighted by Crippen LogP contribution is -2.36. The van der Waals surface area contributed by atoms with Crippen LogP contribution in [0.1, 0.15) is 17.9 Å². The second-order valence-corrected chi connectivity index (χ2v) is 8.84. The van der Waals surface area contributed by atoms with E-state index in [0.717, 1.165) is 18.7 Å². The number of hydrogen-bond acceptors (Lipinski definition) is 6. The molecule has 9 heteroatoms. The van der Waals surface area contributed by atoms with E-state index in [2.05, 4.69) is 4.90 Å². The van der Waals surface area contributed by atoms with Gasteiger partial charge in [0.25, 0.3) is 0 Å². The molecule has 2 aliphatic rings. The molecule has 2 saturated heterocycles. The molecule has 0 bridgehead atoms. The summed E-state index contributed by atoms with van der Waals surface area (Å²) in [6.45, 7) is 2.96. The second-order valence-electron chi connectivity index (χ2n) is 6.75. The van der Waals surface area contributed by atoms with E-state index >= 15 is 0 Å². The maximum absolute atomic E-state index is 11.6. The summed E-state index contributed by atoms with van der Waals surface area (Å²) in [5.74, 6) is 1.39. The fourth-order valence-electron chi connectivity index (χ4n) is 3.22. The Morgan fingerprint density at radius 3 is 2.62 bits per heavy atom. The van der Waals surface area contributed by atoms with Gasteiger partial charge in [0.2, 0.25) is 10.0 Å². The normalized spacial score (nSPS) is 25.2.